The third-order valence-corrected chi connectivity index (χ3v) is 4.58. The van der Waals surface area contributed by atoms with Crippen LogP contribution in [0.5, 0.6) is 5.75 Å². The van der Waals surface area contributed by atoms with Gasteiger partial charge in [-0.05, 0) is 53.2 Å². The number of rotatable bonds is 6. The Hall–Kier alpha value is -3.13. The second kappa shape index (κ2) is 8.05. The summed E-state index contributed by atoms with van der Waals surface area (Å²) >= 11 is 0.833. The number of carboxylic acid groups (broad SMARTS) is 1. The fraction of sp³-hybridized carbons (Fsp3) is 0.105. The number of imide groups is 1. The number of carbonyl (C=O) groups is 3. The highest BCUT2D eigenvalue weighted by Crippen LogP contribution is 2.33. The molecule has 1 N–H and O–H groups in total. The predicted octanol–water partition coefficient (Wildman–Crippen LogP) is 3.53. The summed E-state index contributed by atoms with van der Waals surface area (Å²) in [7, 11) is 0. The molecule has 1 fully saturated rings. The molecule has 0 aromatic heterocycles. The molecule has 1 saturated heterocycles. The van der Waals surface area contributed by atoms with Crippen molar-refractivity contribution in [1.82, 2.24) is 4.90 Å². The average molecular weight is 387 g/mol. The summed E-state index contributed by atoms with van der Waals surface area (Å²) in [4.78, 5) is 36.5. The number of carbonyl (C=O) groups excluding carboxylic acids is 2. The van der Waals surface area contributed by atoms with E-state index in [1.165, 1.54) is 24.3 Å². The summed E-state index contributed by atoms with van der Waals surface area (Å²) in [6.07, 6.45) is 1.58. The van der Waals surface area contributed by atoms with E-state index in [0.717, 1.165) is 16.7 Å². The Morgan fingerprint density at radius 3 is 2.41 bits per heavy atom. The van der Waals surface area contributed by atoms with E-state index in [2.05, 4.69) is 0 Å². The number of hydrogen-bond acceptors (Lipinski definition) is 5. The molecule has 8 heteroatoms. The van der Waals surface area contributed by atoms with Crippen LogP contribution in [0, 0.1) is 5.82 Å². The Bertz CT molecular complexity index is 909. The second-order valence-electron chi connectivity index (χ2n) is 5.65. The molecule has 1 heterocycles. The zero-order valence-electron chi connectivity index (χ0n) is 13.9. The summed E-state index contributed by atoms with van der Waals surface area (Å²) in [5.74, 6) is -1.49. The van der Waals surface area contributed by atoms with Crippen LogP contribution in [-0.2, 0) is 16.1 Å². The number of nitrogens with zero attached hydrogens (tertiary/aromatic N) is 1. The minimum Gasteiger partial charge on any atom is -0.482 e. The van der Waals surface area contributed by atoms with Gasteiger partial charge in [-0.15, -0.1) is 0 Å². The van der Waals surface area contributed by atoms with Gasteiger partial charge in [0.2, 0.25) is 0 Å². The van der Waals surface area contributed by atoms with Crippen LogP contribution in [0.4, 0.5) is 9.18 Å². The molecule has 2 amide bonds. The molecule has 0 spiro atoms. The molecule has 1 aliphatic heterocycles. The molecule has 6 nitrogen and oxygen atoms in total. The minimum absolute atomic E-state index is 0.0737. The maximum atomic E-state index is 13.0. The Kier molecular flexibility index (Phi) is 5.56. The monoisotopic (exact) mass is 387 g/mol. The highest BCUT2D eigenvalue weighted by Gasteiger charge is 2.34. The van der Waals surface area contributed by atoms with Crippen molar-refractivity contribution in [3.8, 4) is 5.75 Å². The predicted molar refractivity (Wildman–Crippen MR) is 97.5 cm³/mol. The van der Waals surface area contributed by atoms with Gasteiger partial charge in [0.05, 0.1) is 11.4 Å². The molecule has 2 aromatic carbocycles. The van der Waals surface area contributed by atoms with Crippen molar-refractivity contribution in [3.63, 3.8) is 0 Å². The Morgan fingerprint density at radius 1 is 1.11 bits per heavy atom. The van der Waals surface area contributed by atoms with Crippen LogP contribution in [0.25, 0.3) is 6.08 Å². The molecule has 3 rings (SSSR count). The van der Waals surface area contributed by atoms with Crippen LogP contribution in [-0.4, -0.2) is 33.7 Å². The van der Waals surface area contributed by atoms with Gasteiger partial charge in [0, 0.05) is 0 Å². The molecule has 2 aromatic rings. The van der Waals surface area contributed by atoms with E-state index in [0.29, 0.717) is 16.9 Å². The van der Waals surface area contributed by atoms with Gasteiger partial charge >= 0.3 is 5.97 Å². The van der Waals surface area contributed by atoms with Gasteiger partial charge in [0.15, 0.2) is 6.61 Å². The normalized spacial score (nSPS) is 15.4. The van der Waals surface area contributed by atoms with Crippen molar-refractivity contribution in [3.05, 3.63) is 70.4 Å². The zero-order valence-corrected chi connectivity index (χ0v) is 14.7. The molecular formula is C19H14FNO5S. The van der Waals surface area contributed by atoms with Crippen molar-refractivity contribution >= 4 is 35.0 Å². The SMILES string of the molecule is O=C(O)COc1ccc(/C=C2\SC(=O)N(Cc3ccc(F)cc3)C2=O)cc1. The van der Waals surface area contributed by atoms with E-state index in [9.17, 15) is 18.8 Å². The first-order chi connectivity index (χ1) is 12.9. The van der Waals surface area contributed by atoms with Crippen LogP contribution in [0.1, 0.15) is 11.1 Å². The van der Waals surface area contributed by atoms with Crippen LogP contribution >= 0.6 is 11.8 Å². The zero-order chi connectivity index (χ0) is 19.4. The molecule has 0 bridgehead atoms. The largest absolute Gasteiger partial charge is 0.482 e. The van der Waals surface area contributed by atoms with Crippen molar-refractivity contribution in [2.75, 3.05) is 6.61 Å². The molecule has 0 atom stereocenters. The van der Waals surface area contributed by atoms with Gasteiger partial charge in [-0.25, -0.2) is 9.18 Å². The van der Waals surface area contributed by atoms with Crippen LogP contribution in [0.15, 0.2) is 53.4 Å². The van der Waals surface area contributed by atoms with Crippen LogP contribution in [0.2, 0.25) is 0 Å². The number of ether oxygens (including phenoxy) is 1. The van der Waals surface area contributed by atoms with E-state index < -0.39 is 23.7 Å². The minimum atomic E-state index is -1.08. The van der Waals surface area contributed by atoms with Crippen molar-refractivity contribution in [2.45, 2.75) is 6.54 Å². The molecule has 0 saturated carbocycles. The highest BCUT2D eigenvalue weighted by atomic mass is 32.2. The number of halogens is 1. The summed E-state index contributed by atoms with van der Waals surface area (Å²) in [6.45, 7) is -0.369. The third kappa shape index (κ3) is 4.73. The molecule has 0 unspecified atom stereocenters. The first kappa shape index (κ1) is 18.7. The van der Waals surface area contributed by atoms with Crippen LogP contribution in [0.3, 0.4) is 0 Å². The molecule has 0 aliphatic carbocycles. The molecule has 1 aliphatic rings. The smallest absolute Gasteiger partial charge is 0.341 e. The maximum Gasteiger partial charge on any atom is 0.341 e. The van der Waals surface area contributed by atoms with Crippen molar-refractivity contribution in [2.24, 2.45) is 0 Å². The Labute approximate surface area is 158 Å². The summed E-state index contributed by atoms with van der Waals surface area (Å²) < 4.78 is 18.0. The number of thioether (sulfide) groups is 1. The Morgan fingerprint density at radius 2 is 1.78 bits per heavy atom. The van der Waals surface area contributed by atoms with Gasteiger partial charge in [-0.2, -0.15) is 0 Å². The lowest BCUT2D eigenvalue weighted by molar-refractivity contribution is -0.139. The van der Waals surface area contributed by atoms with E-state index in [4.69, 9.17) is 9.84 Å². The maximum absolute atomic E-state index is 13.0. The lowest BCUT2D eigenvalue weighted by Crippen LogP contribution is -2.27. The lowest BCUT2D eigenvalue weighted by atomic mass is 10.2. The fourth-order valence-corrected chi connectivity index (χ4v) is 3.20. The topological polar surface area (TPSA) is 83.9 Å². The van der Waals surface area contributed by atoms with Gasteiger partial charge in [-0.3, -0.25) is 14.5 Å². The van der Waals surface area contributed by atoms with Crippen LogP contribution < -0.4 is 4.74 Å². The average Bonchev–Trinajstić information content (AvgIpc) is 2.90. The molecule has 138 valence electrons. The molecule has 27 heavy (non-hydrogen) atoms. The van der Waals surface area contributed by atoms with Crippen molar-refractivity contribution < 1.29 is 28.6 Å². The standard InChI is InChI=1S/C19H14FNO5S/c20-14-5-1-13(2-6-14)10-21-18(24)16(27-19(21)25)9-12-3-7-15(8-4-12)26-11-17(22)23/h1-9H,10-11H2,(H,22,23)/b16-9-. The molecular weight excluding hydrogens is 373 g/mol. The van der Waals surface area contributed by atoms with E-state index in [1.54, 1.807) is 30.3 Å². The van der Waals surface area contributed by atoms with Gasteiger partial charge in [0.25, 0.3) is 11.1 Å². The number of aliphatic carboxylic acids is 1. The summed E-state index contributed by atoms with van der Waals surface area (Å²) in [5, 5.41) is 8.20. The highest BCUT2D eigenvalue weighted by molar-refractivity contribution is 8.18. The number of carboxylic acids is 1. The summed E-state index contributed by atoms with van der Waals surface area (Å²) in [5.41, 5.74) is 1.32. The first-order valence-corrected chi connectivity index (χ1v) is 8.68. The van der Waals surface area contributed by atoms with Crippen molar-refractivity contribution in [1.29, 1.82) is 0 Å². The van der Waals surface area contributed by atoms with Gasteiger partial charge in [0.1, 0.15) is 11.6 Å². The summed E-state index contributed by atoms with van der Waals surface area (Å²) in [6, 6.07) is 12.1. The van der Waals surface area contributed by atoms with Gasteiger partial charge < -0.3 is 9.84 Å². The molecule has 0 radical (unpaired) electrons. The number of hydrogen-bond donors (Lipinski definition) is 1. The third-order valence-electron chi connectivity index (χ3n) is 3.67. The Balaban J connectivity index is 1.70. The second-order valence-corrected chi connectivity index (χ2v) is 6.64. The quantitative estimate of drug-likeness (QED) is 0.764. The first-order valence-electron chi connectivity index (χ1n) is 7.87. The number of amides is 2. The fourth-order valence-electron chi connectivity index (χ4n) is 2.37. The van der Waals surface area contributed by atoms with Gasteiger partial charge in [-0.1, -0.05) is 24.3 Å². The van der Waals surface area contributed by atoms with E-state index >= 15 is 0 Å². The number of benzene rings is 2. The lowest BCUT2D eigenvalue weighted by Gasteiger charge is -2.12. The van der Waals surface area contributed by atoms with E-state index in [-0.39, 0.29) is 17.3 Å². The van der Waals surface area contributed by atoms with E-state index in [1.807, 2.05) is 0 Å².